The summed E-state index contributed by atoms with van der Waals surface area (Å²) in [6, 6.07) is 19.1. The summed E-state index contributed by atoms with van der Waals surface area (Å²) in [6.45, 7) is 3.50. The van der Waals surface area contributed by atoms with Crippen LogP contribution in [0.1, 0.15) is 43.0 Å². The van der Waals surface area contributed by atoms with Gasteiger partial charge in [-0.1, -0.05) is 61.9 Å². The molecule has 19 heavy (non-hydrogen) atoms. The minimum Gasteiger partial charge on any atom is -0.285 e. The zero-order chi connectivity index (χ0) is 12.8. The van der Waals surface area contributed by atoms with Crippen LogP contribution >= 0.6 is 0 Å². The number of hydrogen-bond acceptors (Lipinski definition) is 1. The van der Waals surface area contributed by atoms with Gasteiger partial charge < -0.3 is 0 Å². The van der Waals surface area contributed by atoms with E-state index in [-0.39, 0.29) is 0 Å². The van der Waals surface area contributed by atoms with Gasteiger partial charge in [0.1, 0.15) is 0 Å². The number of benzene rings is 2. The van der Waals surface area contributed by atoms with Crippen LogP contribution in [-0.2, 0) is 0 Å². The summed E-state index contributed by atoms with van der Waals surface area (Å²) in [4.78, 5) is 2.66. The normalized spacial score (nSPS) is 26.3. The first-order valence-electron chi connectivity index (χ1n) is 7.36. The van der Waals surface area contributed by atoms with E-state index in [0.29, 0.717) is 12.1 Å². The molecule has 0 bridgehead atoms. The molecule has 2 atom stereocenters. The Labute approximate surface area is 114 Å². The van der Waals surface area contributed by atoms with Crippen LogP contribution in [0.5, 0.6) is 0 Å². The molecule has 1 aliphatic heterocycles. The molecule has 2 aliphatic rings. The largest absolute Gasteiger partial charge is 0.285 e. The number of rotatable bonds is 3. The van der Waals surface area contributed by atoms with Crippen LogP contribution in [0.2, 0.25) is 0 Å². The predicted molar refractivity (Wildman–Crippen MR) is 79.0 cm³/mol. The van der Waals surface area contributed by atoms with E-state index >= 15 is 0 Å². The first-order chi connectivity index (χ1) is 9.42. The van der Waals surface area contributed by atoms with Gasteiger partial charge in [0.05, 0.1) is 12.1 Å². The van der Waals surface area contributed by atoms with Crippen molar-refractivity contribution in [1.82, 2.24) is 4.90 Å². The molecule has 0 N–H and O–H groups in total. The topological polar surface area (TPSA) is 3.01 Å². The Balaban J connectivity index is 1.82. The lowest BCUT2D eigenvalue weighted by molar-refractivity contribution is 0.469. The molecule has 0 amide bonds. The van der Waals surface area contributed by atoms with E-state index < -0.39 is 0 Å². The van der Waals surface area contributed by atoms with Crippen LogP contribution in [0.3, 0.4) is 0 Å². The summed E-state index contributed by atoms with van der Waals surface area (Å²) >= 11 is 0. The Hall–Kier alpha value is -1.60. The highest BCUT2D eigenvalue weighted by molar-refractivity contribution is 5.76. The van der Waals surface area contributed by atoms with E-state index in [2.05, 4.69) is 60.4 Å². The molecule has 1 fully saturated rings. The summed E-state index contributed by atoms with van der Waals surface area (Å²) in [5.74, 6) is 0. The smallest absolute Gasteiger partial charge is 0.0558 e. The Morgan fingerprint density at radius 3 is 1.89 bits per heavy atom. The van der Waals surface area contributed by atoms with Gasteiger partial charge in [0.15, 0.2) is 0 Å². The third-order valence-corrected chi connectivity index (χ3v) is 4.54. The van der Waals surface area contributed by atoms with Crippen LogP contribution < -0.4 is 0 Å². The van der Waals surface area contributed by atoms with Gasteiger partial charge in [-0.3, -0.25) is 4.90 Å². The summed E-state index contributed by atoms with van der Waals surface area (Å²) in [5.41, 5.74) is 5.95. The van der Waals surface area contributed by atoms with E-state index in [9.17, 15) is 0 Å². The molecule has 0 radical (unpaired) electrons. The molecule has 1 nitrogen and oxygen atoms in total. The zero-order valence-corrected chi connectivity index (χ0v) is 11.3. The van der Waals surface area contributed by atoms with E-state index in [1.165, 1.54) is 41.6 Å². The summed E-state index contributed by atoms with van der Waals surface area (Å²) in [5, 5.41) is 0. The van der Waals surface area contributed by atoms with Crippen molar-refractivity contribution in [2.24, 2.45) is 0 Å². The van der Waals surface area contributed by atoms with Crippen molar-refractivity contribution in [3.05, 3.63) is 59.7 Å². The maximum atomic E-state index is 2.66. The lowest BCUT2D eigenvalue weighted by atomic mass is 9.86. The average molecular weight is 249 g/mol. The van der Waals surface area contributed by atoms with Crippen molar-refractivity contribution in [2.75, 3.05) is 6.54 Å². The van der Waals surface area contributed by atoms with Crippen molar-refractivity contribution in [1.29, 1.82) is 0 Å². The van der Waals surface area contributed by atoms with E-state index in [1.54, 1.807) is 0 Å². The number of fused-ring (bicyclic) bond motifs is 6. The van der Waals surface area contributed by atoms with E-state index in [0.717, 1.165) is 0 Å². The highest BCUT2D eigenvalue weighted by Crippen LogP contribution is 2.61. The molecular weight excluding hydrogens is 230 g/mol. The van der Waals surface area contributed by atoms with Crippen molar-refractivity contribution in [3.63, 3.8) is 0 Å². The molecule has 0 saturated carbocycles. The van der Waals surface area contributed by atoms with Crippen molar-refractivity contribution >= 4 is 0 Å². The second-order valence-electron chi connectivity index (χ2n) is 5.66. The number of unbranched alkanes of at least 4 members (excludes halogenated alkanes) is 1. The third-order valence-electron chi connectivity index (χ3n) is 4.54. The minimum absolute atomic E-state index is 0.637. The van der Waals surface area contributed by atoms with Gasteiger partial charge in [0, 0.05) is 0 Å². The van der Waals surface area contributed by atoms with Gasteiger partial charge in [-0.15, -0.1) is 0 Å². The van der Waals surface area contributed by atoms with Crippen LogP contribution in [0.25, 0.3) is 11.1 Å². The zero-order valence-electron chi connectivity index (χ0n) is 11.3. The standard InChI is InChI=1S/C18H19N/c1-2-3-12-19-17-15-10-6-4-8-13(15)14-9-5-7-11-16(14)18(17)19/h4-11,17-18H,2-3,12H2,1H3. The number of hydrogen-bond donors (Lipinski definition) is 0. The maximum absolute atomic E-state index is 2.66. The molecule has 96 valence electrons. The van der Waals surface area contributed by atoms with Gasteiger partial charge in [0.25, 0.3) is 0 Å². The Morgan fingerprint density at radius 1 is 0.842 bits per heavy atom. The molecule has 1 aliphatic carbocycles. The maximum Gasteiger partial charge on any atom is 0.0558 e. The fourth-order valence-electron chi connectivity index (χ4n) is 3.59. The molecule has 2 unspecified atom stereocenters. The highest BCUT2D eigenvalue weighted by Gasteiger charge is 2.52. The average Bonchev–Trinajstić information content (AvgIpc) is 3.20. The summed E-state index contributed by atoms with van der Waals surface area (Å²) < 4.78 is 0. The van der Waals surface area contributed by atoms with Gasteiger partial charge in [-0.25, -0.2) is 0 Å². The molecule has 1 saturated heterocycles. The molecule has 0 aromatic heterocycles. The molecular formula is C18H19N. The van der Waals surface area contributed by atoms with Crippen molar-refractivity contribution < 1.29 is 0 Å². The lowest BCUT2D eigenvalue weighted by Gasteiger charge is -2.16. The number of nitrogens with zero attached hydrogens (tertiary/aromatic N) is 1. The van der Waals surface area contributed by atoms with E-state index in [1.807, 2.05) is 0 Å². The second kappa shape index (κ2) is 4.21. The molecule has 4 rings (SSSR count). The molecule has 1 heteroatoms. The predicted octanol–water partition coefficient (Wildman–Crippen LogP) is 4.57. The Kier molecular flexibility index (Phi) is 2.49. The van der Waals surface area contributed by atoms with Gasteiger partial charge >= 0.3 is 0 Å². The van der Waals surface area contributed by atoms with Crippen LogP contribution in [0, 0.1) is 0 Å². The van der Waals surface area contributed by atoms with Crippen molar-refractivity contribution in [2.45, 2.75) is 31.8 Å². The van der Waals surface area contributed by atoms with E-state index in [4.69, 9.17) is 0 Å². The fraction of sp³-hybridized carbons (Fsp3) is 0.333. The lowest BCUT2D eigenvalue weighted by Crippen LogP contribution is -2.00. The van der Waals surface area contributed by atoms with Gasteiger partial charge in [0.2, 0.25) is 0 Å². The van der Waals surface area contributed by atoms with Gasteiger partial charge in [-0.2, -0.15) is 0 Å². The SMILES string of the molecule is CCCCN1C2c3ccccc3-c3ccccc3C21. The Bertz CT molecular complexity index is 565. The minimum atomic E-state index is 0.637. The van der Waals surface area contributed by atoms with Crippen LogP contribution in [-0.4, -0.2) is 11.4 Å². The second-order valence-corrected chi connectivity index (χ2v) is 5.66. The monoisotopic (exact) mass is 249 g/mol. The van der Waals surface area contributed by atoms with Crippen molar-refractivity contribution in [3.8, 4) is 11.1 Å². The van der Waals surface area contributed by atoms with Crippen LogP contribution in [0.15, 0.2) is 48.5 Å². The molecule has 2 aromatic carbocycles. The third kappa shape index (κ3) is 1.58. The quantitative estimate of drug-likeness (QED) is 0.720. The summed E-state index contributed by atoms with van der Waals surface area (Å²) in [6.07, 6.45) is 2.58. The van der Waals surface area contributed by atoms with Gasteiger partial charge in [-0.05, 0) is 35.2 Å². The molecule has 2 aromatic rings. The Morgan fingerprint density at radius 2 is 1.37 bits per heavy atom. The first-order valence-corrected chi connectivity index (χ1v) is 7.36. The summed E-state index contributed by atoms with van der Waals surface area (Å²) in [7, 11) is 0. The first kappa shape index (κ1) is 11.2. The molecule has 0 spiro atoms. The fourth-order valence-corrected chi connectivity index (χ4v) is 3.59. The van der Waals surface area contributed by atoms with Crippen LogP contribution in [0.4, 0.5) is 0 Å². The molecule has 1 heterocycles. The highest BCUT2D eigenvalue weighted by atomic mass is 15.4.